The minimum absolute atomic E-state index is 0.00744. The highest BCUT2D eigenvalue weighted by Gasteiger charge is 2.61. The summed E-state index contributed by atoms with van der Waals surface area (Å²) in [5.41, 5.74) is -1.65. The second-order valence-electron chi connectivity index (χ2n) is 6.92. The van der Waals surface area contributed by atoms with Gasteiger partial charge in [0.2, 0.25) is 0 Å². The minimum Gasteiger partial charge on any atom is -0.480 e. The van der Waals surface area contributed by atoms with Gasteiger partial charge < -0.3 is 9.84 Å². The van der Waals surface area contributed by atoms with E-state index < -0.39 is 49.1 Å². The van der Waals surface area contributed by atoms with Gasteiger partial charge >= 0.3 is 12.1 Å². The Labute approximate surface area is 169 Å². The molecule has 0 bridgehead atoms. The lowest BCUT2D eigenvalue weighted by Gasteiger charge is -2.31. The van der Waals surface area contributed by atoms with Crippen molar-refractivity contribution in [2.75, 3.05) is 7.11 Å². The number of aromatic nitrogens is 1. The molecule has 0 spiro atoms. The van der Waals surface area contributed by atoms with Crippen LogP contribution in [0.3, 0.4) is 0 Å². The van der Waals surface area contributed by atoms with E-state index in [0.29, 0.717) is 12.1 Å². The fraction of sp³-hybridized carbons (Fsp3) is 0.368. The molecule has 2 atom stereocenters. The highest BCUT2D eigenvalue weighted by atomic mass is 32.2. The van der Waals surface area contributed by atoms with E-state index in [1.54, 1.807) is 0 Å². The molecule has 1 N–H and O–H groups in total. The maximum atomic E-state index is 13.8. The van der Waals surface area contributed by atoms with Crippen LogP contribution in [0.15, 0.2) is 41.6 Å². The molecule has 0 amide bonds. The van der Waals surface area contributed by atoms with Crippen LogP contribution < -0.4 is 0 Å². The van der Waals surface area contributed by atoms with E-state index in [-0.39, 0.29) is 30.4 Å². The zero-order chi connectivity index (χ0) is 22.3. The van der Waals surface area contributed by atoms with Crippen LogP contribution in [0.4, 0.5) is 17.6 Å². The molecule has 1 aromatic heterocycles. The molecule has 30 heavy (non-hydrogen) atoms. The van der Waals surface area contributed by atoms with Crippen LogP contribution in [0.1, 0.15) is 24.8 Å². The third-order valence-electron chi connectivity index (χ3n) is 5.27. The second-order valence-corrected chi connectivity index (χ2v) is 9.09. The number of alkyl halides is 3. The van der Waals surface area contributed by atoms with Crippen molar-refractivity contribution in [2.45, 2.75) is 41.2 Å². The molecule has 2 unspecified atom stereocenters. The number of hydrogen-bond donors (Lipinski definition) is 1. The van der Waals surface area contributed by atoms with Crippen LogP contribution >= 0.6 is 0 Å². The number of benzene rings is 1. The van der Waals surface area contributed by atoms with Gasteiger partial charge in [-0.3, -0.25) is 9.78 Å². The van der Waals surface area contributed by atoms with Crippen molar-refractivity contribution in [1.29, 1.82) is 0 Å². The monoisotopic (exact) mass is 447 g/mol. The van der Waals surface area contributed by atoms with Crippen LogP contribution in [0.2, 0.25) is 0 Å². The zero-order valence-electron chi connectivity index (χ0n) is 15.6. The smallest absolute Gasteiger partial charge is 0.417 e. The predicted molar refractivity (Wildman–Crippen MR) is 96.8 cm³/mol. The maximum Gasteiger partial charge on any atom is 0.417 e. The first-order valence-electron chi connectivity index (χ1n) is 8.78. The number of hydrogen-bond acceptors (Lipinski definition) is 5. The molecule has 162 valence electrons. The minimum atomic E-state index is -5.11. The summed E-state index contributed by atoms with van der Waals surface area (Å²) in [6.07, 6.45) is -4.55. The zero-order valence-corrected chi connectivity index (χ0v) is 16.4. The Hall–Kier alpha value is -2.53. The van der Waals surface area contributed by atoms with Crippen LogP contribution in [-0.4, -0.2) is 42.4 Å². The van der Waals surface area contributed by atoms with Gasteiger partial charge in [0.05, 0.1) is 22.8 Å². The molecule has 1 saturated carbocycles. The van der Waals surface area contributed by atoms with E-state index in [2.05, 4.69) is 4.98 Å². The van der Waals surface area contributed by atoms with Crippen LogP contribution in [0.5, 0.6) is 0 Å². The molecule has 6 nitrogen and oxygen atoms in total. The van der Waals surface area contributed by atoms with Gasteiger partial charge in [0, 0.05) is 18.9 Å². The van der Waals surface area contributed by atoms with E-state index >= 15 is 0 Å². The molecule has 1 aromatic carbocycles. The maximum absolute atomic E-state index is 13.8. The van der Waals surface area contributed by atoms with Gasteiger partial charge in [-0.25, -0.2) is 12.8 Å². The summed E-state index contributed by atoms with van der Waals surface area (Å²) in [5.74, 6) is -2.55. The average Bonchev–Trinajstić information content (AvgIpc) is 3.13. The Kier molecular flexibility index (Phi) is 5.63. The number of pyridine rings is 1. The summed E-state index contributed by atoms with van der Waals surface area (Å²) in [4.78, 5) is 14.4. The first-order chi connectivity index (χ1) is 13.9. The molecular formula is C19H17F4NO5S. The van der Waals surface area contributed by atoms with Gasteiger partial charge in [-0.05, 0) is 43.0 Å². The van der Waals surface area contributed by atoms with Crippen molar-refractivity contribution in [2.24, 2.45) is 0 Å². The Bertz CT molecular complexity index is 1090. The quantitative estimate of drug-likeness (QED) is 0.703. The molecule has 0 aliphatic heterocycles. The van der Waals surface area contributed by atoms with Crippen LogP contribution in [0, 0.1) is 5.82 Å². The summed E-state index contributed by atoms with van der Waals surface area (Å²) >= 11 is 0. The Morgan fingerprint density at radius 2 is 1.93 bits per heavy atom. The molecule has 1 aliphatic rings. The van der Waals surface area contributed by atoms with Gasteiger partial charge in [0.1, 0.15) is 5.82 Å². The third-order valence-corrected chi connectivity index (χ3v) is 7.81. The summed E-state index contributed by atoms with van der Waals surface area (Å²) in [5, 5.41) is 9.73. The lowest BCUT2D eigenvalue weighted by atomic mass is 10.0. The Morgan fingerprint density at radius 3 is 2.50 bits per heavy atom. The van der Waals surface area contributed by atoms with Crippen molar-refractivity contribution >= 4 is 15.8 Å². The third kappa shape index (κ3) is 3.45. The fourth-order valence-electron chi connectivity index (χ4n) is 3.85. The van der Waals surface area contributed by atoms with Gasteiger partial charge in [0.15, 0.2) is 14.6 Å². The summed E-state index contributed by atoms with van der Waals surface area (Å²) in [7, 11) is -3.90. The van der Waals surface area contributed by atoms with Crippen molar-refractivity contribution in [3.63, 3.8) is 0 Å². The fourth-order valence-corrected chi connectivity index (χ4v) is 6.16. The number of nitrogens with zero attached hydrogens (tertiary/aromatic N) is 1. The second kappa shape index (κ2) is 7.62. The highest BCUT2D eigenvalue weighted by molar-refractivity contribution is 7.93. The number of ether oxygens (including phenoxy) is 1. The van der Waals surface area contributed by atoms with Crippen molar-refractivity contribution in [1.82, 2.24) is 4.98 Å². The molecule has 1 aliphatic carbocycles. The first-order valence-corrected chi connectivity index (χ1v) is 10.3. The standard InChI is InChI=1S/C19H17F4NO5S/c1-29-16-3-2-6-18(16,17(25)26)30(27,28)15-5-4-11(8-14(15)19(21,22)23)12-7-13(20)10-24-9-12/h4-5,7-10,16H,2-3,6H2,1H3,(H,25,26). The number of methoxy groups -OCH3 is 1. The molecule has 0 radical (unpaired) electrons. The number of halogens is 4. The number of carbonyl (C=O) groups is 1. The van der Waals surface area contributed by atoms with E-state index in [9.17, 15) is 35.9 Å². The lowest BCUT2D eigenvalue weighted by Crippen LogP contribution is -2.53. The van der Waals surface area contributed by atoms with Crippen LogP contribution in [0.25, 0.3) is 11.1 Å². The van der Waals surface area contributed by atoms with Gasteiger partial charge in [-0.1, -0.05) is 6.07 Å². The average molecular weight is 447 g/mol. The number of carboxylic acid groups (broad SMARTS) is 1. The van der Waals surface area contributed by atoms with Crippen molar-refractivity contribution < 1.29 is 40.6 Å². The molecule has 11 heteroatoms. The highest BCUT2D eigenvalue weighted by Crippen LogP contribution is 2.46. The van der Waals surface area contributed by atoms with E-state index in [4.69, 9.17) is 4.74 Å². The molecule has 0 saturated heterocycles. The summed E-state index contributed by atoms with van der Waals surface area (Å²) in [6.45, 7) is 0. The van der Waals surface area contributed by atoms with Crippen LogP contribution in [-0.2, 0) is 25.5 Å². The van der Waals surface area contributed by atoms with Gasteiger partial charge in [-0.15, -0.1) is 0 Å². The number of sulfone groups is 1. The SMILES string of the molecule is COC1CCCC1(C(=O)O)S(=O)(=O)c1ccc(-c2cncc(F)c2)cc1C(F)(F)F. The molecule has 2 aromatic rings. The largest absolute Gasteiger partial charge is 0.480 e. The van der Waals surface area contributed by atoms with Crippen molar-refractivity contribution in [3.8, 4) is 11.1 Å². The normalized spacial score (nSPS) is 22.2. The van der Waals surface area contributed by atoms with E-state index in [1.165, 1.54) is 0 Å². The van der Waals surface area contributed by atoms with E-state index in [1.807, 2.05) is 0 Å². The predicted octanol–water partition coefficient (Wildman–Crippen LogP) is 3.70. The van der Waals surface area contributed by atoms with Crippen molar-refractivity contribution in [3.05, 3.63) is 48.0 Å². The number of aliphatic carboxylic acids is 1. The Morgan fingerprint density at radius 1 is 1.23 bits per heavy atom. The topological polar surface area (TPSA) is 93.6 Å². The van der Waals surface area contributed by atoms with Gasteiger partial charge in [0.25, 0.3) is 0 Å². The molecular weight excluding hydrogens is 430 g/mol. The molecule has 3 rings (SSSR count). The number of rotatable bonds is 5. The summed E-state index contributed by atoms with van der Waals surface area (Å²) < 4.78 is 84.0. The van der Waals surface area contributed by atoms with E-state index in [0.717, 1.165) is 31.6 Å². The molecule has 1 heterocycles. The lowest BCUT2D eigenvalue weighted by molar-refractivity contribution is -0.144. The number of carboxylic acids is 1. The Balaban J connectivity index is 2.26. The first kappa shape index (κ1) is 22.2. The summed E-state index contributed by atoms with van der Waals surface area (Å²) in [6, 6.07) is 3.27. The van der Waals surface area contributed by atoms with Gasteiger partial charge in [-0.2, -0.15) is 13.2 Å². The molecule has 1 fully saturated rings.